The highest BCUT2D eigenvalue weighted by Crippen LogP contribution is 2.35. The Hall–Kier alpha value is -3.21. The quantitative estimate of drug-likeness (QED) is 0.253. The molecule has 2 aromatic carbocycles. The van der Waals surface area contributed by atoms with Gasteiger partial charge in [-0.1, -0.05) is 45.5 Å². The maximum absolute atomic E-state index is 13.8. The fraction of sp³-hybridized carbons (Fsp3) is 0.179. The number of hydrogen-bond donors (Lipinski definition) is 0. The molecule has 0 aliphatic carbocycles. The zero-order valence-corrected chi connectivity index (χ0v) is 24.6. The van der Waals surface area contributed by atoms with Crippen molar-refractivity contribution in [2.24, 2.45) is 4.99 Å². The Morgan fingerprint density at radius 2 is 2.00 bits per heavy atom. The summed E-state index contributed by atoms with van der Waals surface area (Å²) >= 11 is 8.25. The number of ether oxygens (including phenoxy) is 2. The second kappa shape index (κ2) is 10.9. The summed E-state index contributed by atoms with van der Waals surface area (Å²) < 4.78 is 20.4. The molecule has 2 aromatic heterocycles. The summed E-state index contributed by atoms with van der Waals surface area (Å²) in [4.78, 5) is 32.0. The number of fused-ring (bicyclic) bond motifs is 1. The normalized spacial score (nSPS) is 15.3. The van der Waals surface area contributed by atoms with Crippen LogP contribution in [0.4, 0.5) is 0 Å². The topological polar surface area (TPSA) is 83.0 Å². The third-order valence-electron chi connectivity index (χ3n) is 6.02. The summed E-state index contributed by atoms with van der Waals surface area (Å²) in [5, 5.41) is 0. The predicted molar refractivity (Wildman–Crippen MR) is 153 cm³/mol. The molecule has 3 heterocycles. The lowest BCUT2D eigenvalue weighted by Crippen LogP contribution is -2.39. The number of hydrogen-bond acceptors (Lipinski definition) is 7. The number of esters is 1. The second-order valence-corrected chi connectivity index (χ2v) is 11.2. The molecule has 0 radical (unpaired) electrons. The summed E-state index contributed by atoms with van der Waals surface area (Å²) in [6.07, 6.45) is 1.70. The number of furan rings is 1. The predicted octanol–water partition coefficient (Wildman–Crippen LogP) is 5.59. The van der Waals surface area contributed by atoms with Crippen molar-refractivity contribution in [3.8, 4) is 17.1 Å². The molecule has 0 fully saturated rings. The highest BCUT2D eigenvalue weighted by molar-refractivity contribution is 9.10. The number of thiazole rings is 1. The van der Waals surface area contributed by atoms with Gasteiger partial charge in [0, 0.05) is 16.1 Å². The van der Waals surface area contributed by atoms with Crippen LogP contribution >= 0.6 is 43.2 Å². The lowest BCUT2D eigenvalue weighted by atomic mass is 9.96. The van der Waals surface area contributed by atoms with Crippen molar-refractivity contribution in [3.63, 3.8) is 0 Å². The van der Waals surface area contributed by atoms with E-state index in [2.05, 4.69) is 36.9 Å². The van der Waals surface area contributed by atoms with Gasteiger partial charge in [-0.05, 0) is 71.7 Å². The van der Waals surface area contributed by atoms with Gasteiger partial charge in [0.15, 0.2) is 4.80 Å². The van der Waals surface area contributed by atoms with E-state index in [9.17, 15) is 9.59 Å². The number of halogens is 2. The maximum Gasteiger partial charge on any atom is 0.338 e. The first-order valence-electron chi connectivity index (χ1n) is 11.7. The number of nitrogens with zero attached hydrogens (tertiary/aromatic N) is 2. The van der Waals surface area contributed by atoms with Gasteiger partial charge >= 0.3 is 5.97 Å². The van der Waals surface area contributed by atoms with Gasteiger partial charge in [-0.2, -0.15) is 0 Å². The molecule has 0 spiro atoms. The van der Waals surface area contributed by atoms with Crippen molar-refractivity contribution in [3.05, 3.63) is 106 Å². The third-order valence-corrected chi connectivity index (χ3v) is 8.11. The van der Waals surface area contributed by atoms with Crippen molar-refractivity contribution < 1.29 is 18.7 Å². The minimum atomic E-state index is -0.719. The van der Waals surface area contributed by atoms with E-state index in [-0.39, 0.29) is 12.2 Å². The average molecular weight is 658 g/mol. The average Bonchev–Trinajstić information content (AvgIpc) is 3.48. The van der Waals surface area contributed by atoms with Crippen molar-refractivity contribution in [2.45, 2.75) is 19.9 Å². The molecule has 1 aliphatic rings. The monoisotopic (exact) mass is 656 g/mol. The second-order valence-electron chi connectivity index (χ2n) is 8.41. The summed E-state index contributed by atoms with van der Waals surface area (Å²) in [5.41, 5.74) is 2.18. The Morgan fingerprint density at radius 1 is 1.18 bits per heavy atom. The minimum absolute atomic E-state index is 0.206. The van der Waals surface area contributed by atoms with Crippen LogP contribution in [0, 0.1) is 0 Å². The Bertz CT molecular complexity index is 1770. The van der Waals surface area contributed by atoms with Crippen LogP contribution in [0.5, 0.6) is 5.75 Å². The molecule has 194 valence electrons. The van der Waals surface area contributed by atoms with Crippen molar-refractivity contribution >= 4 is 55.2 Å². The van der Waals surface area contributed by atoms with E-state index in [0.717, 1.165) is 15.6 Å². The number of aromatic nitrogens is 1. The number of carbonyl (C=O) groups is 1. The van der Waals surface area contributed by atoms with Gasteiger partial charge in [0.1, 0.15) is 17.3 Å². The third kappa shape index (κ3) is 4.95. The number of benzene rings is 2. The van der Waals surface area contributed by atoms with Crippen molar-refractivity contribution in [2.75, 3.05) is 13.7 Å². The van der Waals surface area contributed by atoms with E-state index in [1.165, 1.54) is 11.3 Å². The van der Waals surface area contributed by atoms with E-state index >= 15 is 0 Å². The van der Waals surface area contributed by atoms with Crippen LogP contribution in [0.3, 0.4) is 0 Å². The standard InChI is InChI=1S/C28H22Br2N2O5S/c1-4-36-27(34)24-15(2)31-28-32(25(24)17-8-10-22(35-3)20(30)13-17)26(33)23(38-28)14-19-9-11-21(37-19)16-6-5-7-18(29)12-16/h5-14,25H,4H2,1-3H3/b23-14-/t25-/m0/s1. The Kier molecular flexibility index (Phi) is 7.56. The molecule has 1 aliphatic heterocycles. The van der Waals surface area contributed by atoms with Crippen molar-refractivity contribution in [1.29, 1.82) is 0 Å². The van der Waals surface area contributed by atoms with Gasteiger partial charge in [-0.3, -0.25) is 9.36 Å². The van der Waals surface area contributed by atoms with Gasteiger partial charge in [0.25, 0.3) is 5.56 Å². The number of rotatable bonds is 6. The van der Waals surface area contributed by atoms with Gasteiger partial charge in [-0.15, -0.1) is 0 Å². The number of allylic oxidation sites excluding steroid dienone is 1. The zero-order valence-electron chi connectivity index (χ0n) is 20.7. The van der Waals surface area contributed by atoms with Crippen LogP contribution in [0.1, 0.15) is 31.2 Å². The molecule has 7 nitrogen and oxygen atoms in total. The van der Waals surface area contributed by atoms with Gasteiger partial charge in [0.2, 0.25) is 0 Å². The van der Waals surface area contributed by atoms with Crippen LogP contribution in [-0.2, 0) is 9.53 Å². The lowest BCUT2D eigenvalue weighted by molar-refractivity contribution is -0.139. The van der Waals surface area contributed by atoms with E-state index in [0.29, 0.717) is 42.3 Å². The fourth-order valence-corrected chi connectivity index (χ4v) is 6.30. The minimum Gasteiger partial charge on any atom is -0.496 e. The molecule has 0 saturated heterocycles. The van der Waals surface area contributed by atoms with Crippen LogP contribution in [-0.4, -0.2) is 24.3 Å². The number of carbonyl (C=O) groups excluding carboxylic acids is 1. The zero-order chi connectivity index (χ0) is 27.0. The smallest absolute Gasteiger partial charge is 0.338 e. The molecule has 0 N–H and O–H groups in total. The molecule has 0 saturated carbocycles. The van der Waals surface area contributed by atoms with Gasteiger partial charge in [-0.25, -0.2) is 9.79 Å². The van der Waals surface area contributed by atoms with Crippen molar-refractivity contribution in [1.82, 2.24) is 4.57 Å². The lowest BCUT2D eigenvalue weighted by Gasteiger charge is -2.25. The fourth-order valence-electron chi connectivity index (χ4n) is 4.32. The number of methoxy groups -OCH3 is 1. The molecule has 0 bridgehead atoms. The van der Waals surface area contributed by atoms with Crippen LogP contribution in [0.15, 0.2) is 89.0 Å². The molecule has 1 atom stereocenters. The first kappa shape index (κ1) is 26.4. The SMILES string of the molecule is CCOC(=O)C1=C(C)N=c2s/c(=C\c3ccc(-c4cccc(Br)c4)o3)c(=O)n2[C@H]1c1ccc(OC)c(Br)c1. The highest BCUT2D eigenvalue weighted by Gasteiger charge is 2.33. The van der Waals surface area contributed by atoms with Crippen LogP contribution < -0.4 is 19.6 Å². The summed E-state index contributed by atoms with van der Waals surface area (Å²) in [7, 11) is 1.58. The first-order valence-corrected chi connectivity index (χ1v) is 14.1. The Labute approximate surface area is 239 Å². The molecule has 0 unspecified atom stereocenters. The first-order chi connectivity index (χ1) is 18.3. The summed E-state index contributed by atoms with van der Waals surface area (Å²) in [5.74, 6) is 1.35. The molecule has 10 heteroatoms. The summed E-state index contributed by atoms with van der Waals surface area (Å²) in [6, 6.07) is 16.2. The Morgan fingerprint density at radius 3 is 2.71 bits per heavy atom. The molecule has 4 aromatic rings. The van der Waals surface area contributed by atoms with Gasteiger partial charge < -0.3 is 13.9 Å². The van der Waals surface area contributed by atoms with E-state index < -0.39 is 12.0 Å². The Balaban J connectivity index is 1.65. The van der Waals surface area contributed by atoms with Crippen LogP contribution in [0.2, 0.25) is 0 Å². The van der Waals surface area contributed by atoms with E-state index in [1.54, 1.807) is 37.7 Å². The summed E-state index contributed by atoms with van der Waals surface area (Å²) in [6.45, 7) is 3.71. The van der Waals surface area contributed by atoms with E-state index in [4.69, 9.17) is 13.9 Å². The molecule has 38 heavy (non-hydrogen) atoms. The molecule has 5 rings (SSSR count). The van der Waals surface area contributed by atoms with E-state index in [1.807, 2.05) is 48.5 Å². The molecule has 0 amide bonds. The van der Waals surface area contributed by atoms with Crippen LogP contribution in [0.25, 0.3) is 17.4 Å². The highest BCUT2D eigenvalue weighted by atomic mass is 79.9. The molecular weight excluding hydrogens is 636 g/mol. The molecular formula is C28H22Br2N2O5S. The maximum atomic E-state index is 13.8. The van der Waals surface area contributed by atoms with Gasteiger partial charge in [0.05, 0.1) is 40.0 Å². The largest absolute Gasteiger partial charge is 0.496 e.